The van der Waals surface area contributed by atoms with Gasteiger partial charge in [-0.25, -0.2) is 4.79 Å². The van der Waals surface area contributed by atoms with Gasteiger partial charge in [0.05, 0.1) is 11.0 Å². The number of nitrogens with zero attached hydrogens (tertiary/aromatic N) is 2. The van der Waals surface area contributed by atoms with Crippen LogP contribution in [0, 0.1) is 0 Å². The van der Waals surface area contributed by atoms with Crippen molar-refractivity contribution in [2.75, 3.05) is 0 Å². The normalized spacial score (nSPS) is 18.6. The van der Waals surface area contributed by atoms with Crippen LogP contribution in [-0.4, -0.2) is 9.13 Å². The summed E-state index contributed by atoms with van der Waals surface area (Å²) in [7, 11) is 3.64. The first-order valence-electron chi connectivity index (χ1n) is 6.48. The number of hydrogen-bond donors (Lipinski definition) is 1. The van der Waals surface area contributed by atoms with Gasteiger partial charge in [0.1, 0.15) is 0 Å². The van der Waals surface area contributed by atoms with E-state index in [2.05, 4.69) is 6.07 Å². The van der Waals surface area contributed by atoms with Crippen molar-refractivity contribution in [3.63, 3.8) is 0 Å². The smallest absolute Gasteiger partial charge is 0.321 e. The average Bonchev–Trinajstić information content (AvgIpc) is 2.90. The lowest BCUT2D eigenvalue weighted by molar-refractivity contribution is 0.464. The van der Waals surface area contributed by atoms with Gasteiger partial charge in [0, 0.05) is 19.6 Å². The number of rotatable bonds is 1. The molecule has 1 aromatic carbocycles. The Bertz CT molecular complexity index is 659. The summed E-state index contributed by atoms with van der Waals surface area (Å²) in [4.78, 5) is 12.0. The van der Waals surface area contributed by atoms with Crippen molar-refractivity contribution < 1.29 is 0 Å². The third-order valence-corrected chi connectivity index (χ3v) is 4.32. The summed E-state index contributed by atoms with van der Waals surface area (Å²) in [5, 5.41) is 0. The second-order valence-corrected chi connectivity index (χ2v) is 5.44. The van der Waals surface area contributed by atoms with Crippen LogP contribution in [0.2, 0.25) is 0 Å². The van der Waals surface area contributed by atoms with E-state index in [9.17, 15) is 4.79 Å². The summed E-state index contributed by atoms with van der Waals surface area (Å²) >= 11 is 0. The number of hydrogen-bond acceptors (Lipinski definition) is 2. The molecular formula is C14H19N3O. The molecule has 0 saturated heterocycles. The van der Waals surface area contributed by atoms with Gasteiger partial charge in [-0.2, -0.15) is 0 Å². The molecule has 1 aliphatic rings. The van der Waals surface area contributed by atoms with Gasteiger partial charge in [-0.15, -0.1) is 0 Å². The van der Waals surface area contributed by atoms with E-state index in [0.29, 0.717) is 0 Å². The molecule has 0 unspecified atom stereocenters. The van der Waals surface area contributed by atoms with Crippen molar-refractivity contribution in [3.8, 4) is 0 Å². The molecule has 2 aromatic rings. The summed E-state index contributed by atoms with van der Waals surface area (Å²) in [6.07, 6.45) is 4.37. The van der Waals surface area contributed by atoms with Gasteiger partial charge in [0.25, 0.3) is 0 Å². The molecule has 0 atom stereocenters. The minimum Gasteiger partial charge on any atom is -0.321 e. The van der Waals surface area contributed by atoms with E-state index < -0.39 is 0 Å². The maximum Gasteiger partial charge on any atom is 0.328 e. The summed E-state index contributed by atoms with van der Waals surface area (Å²) in [6, 6.07) is 6.07. The summed E-state index contributed by atoms with van der Waals surface area (Å²) in [5.41, 5.74) is 9.39. The zero-order valence-electron chi connectivity index (χ0n) is 10.9. The Morgan fingerprint density at radius 3 is 2.50 bits per heavy atom. The standard InChI is InChI=1S/C14H19N3O/c1-16-11-7-5-6-10(12(11)17(2)13(16)18)14(15)8-3-4-9-14/h5-7H,3-4,8-9,15H2,1-2H3. The van der Waals surface area contributed by atoms with Crippen molar-refractivity contribution in [1.29, 1.82) is 0 Å². The largest absolute Gasteiger partial charge is 0.328 e. The number of aryl methyl sites for hydroxylation is 2. The predicted octanol–water partition coefficient (Wildman–Crippen LogP) is 1.60. The Kier molecular flexibility index (Phi) is 2.38. The highest BCUT2D eigenvalue weighted by atomic mass is 16.1. The maximum atomic E-state index is 12.0. The molecule has 0 bridgehead atoms. The fraction of sp³-hybridized carbons (Fsp3) is 0.500. The first kappa shape index (κ1) is 11.5. The van der Waals surface area contributed by atoms with Gasteiger partial charge in [-0.3, -0.25) is 9.13 Å². The van der Waals surface area contributed by atoms with Crippen molar-refractivity contribution in [2.24, 2.45) is 19.8 Å². The Balaban J connectivity index is 2.37. The number of para-hydroxylation sites is 1. The SMILES string of the molecule is Cn1c(=O)n(C)c2c(C3(N)CCCC3)cccc21. The fourth-order valence-electron chi connectivity index (χ4n) is 3.26. The van der Waals surface area contributed by atoms with Gasteiger partial charge >= 0.3 is 5.69 Å². The first-order chi connectivity index (χ1) is 8.54. The molecule has 3 rings (SSSR count). The molecule has 0 aliphatic heterocycles. The van der Waals surface area contributed by atoms with E-state index in [1.807, 2.05) is 26.2 Å². The van der Waals surface area contributed by atoms with E-state index in [1.54, 1.807) is 9.13 Å². The summed E-state index contributed by atoms with van der Waals surface area (Å²) < 4.78 is 3.41. The third-order valence-electron chi connectivity index (χ3n) is 4.32. The predicted molar refractivity (Wildman–Crippen MR) is 72.5 cm³/mol. The van der Waals surface area contributed by atoms with Crippen molar-refractivity contribution >= 4 is 11.0 Å². The van der Waals surface area contributed by atoms with Crippen LogP contribution in [-0.2, 0) is 19.6 Å². The number of nitrogens with two attached hydrogens (primary N) is 1. The van der Waals surface area contributed by atoms with Crippen LogP contribution in [0.1, 0.15) is 31.2 Å². The molecule has 18 heavy (non-hydrogen) atoms. The van der Waals surface area contributed by atoms with Crippen LogP contribution >= 0.6 is 0 Å². The fourth-order valence-corrected chi connectivity index (χ4v) is 3.26. The molecule has 4 nitrogen and oxygen atoms in total. The molecule has 1 fully saturated rings. The first-order valence-corrected chi connectivity index (χ1v) is 6.48. The highest BCUT2D eigenvalue weighted by Gasteiger charge is 2.33. The number of benzene rings is 1. The van der Waals surface area contributed by atoms with Crippen molar-refractivity contribution in [2.45, 2.75) is 31.2 Å². The third kappa shape index (κ3) is 1.38. The van der Waals surface area contributed by atoms with Crippen molar-refractivity contribution in [3.05, 3.63) is 34.2 Å². The molecule has 0 amide bonds. The van der Waals surface area contributed by atoms with E-state index in [0.717, 1.165) is 29.4 Å². The van der Waals surface area contributed by atoms with Crippen LogP contribution in [0.3, 0.4) is 0 Å². The lowest BCUT2D eigenvalue weighted by Crippen LogP contribution is -2.33. The van der Waals surface area contributed by atoms with E-state index in [-0.39, 0.29) is 11.2 Å². The Morgan fingerprint density at radius 1 is 1.17 bits per heavy atom. The minimum absolute atomic E-state index is 0.0130. The van der Waals surface area contributed by atoms with Crippen LogP contribution in [0.25, 0.3) is 11.0 Å². The number of aromatic nitrogens is 2. The van der Waals surface area contributed by atoms with Crippen LogP contribution in [0.5, 0.6) is 0 Å². The molecule has 0 spiro atoms. The van der Waals surface area contributed by atoms with Crippen LogP contribution in [0.4, 0.5) is 0 Å². The quantitative estimate of drug-likeness (QED) is 0.829. The second-order valence-electron chi connectivity index (χ2n) is 5.44. The monoisotopic (exact) mass is 245 g/mol. The van der Waals surface area contributed by atoms with Gasteiger partial charge in [0.2, 0.25) is 0 Å². The summed E-state index contributed by atoms with van der Waals surface area (Å²) in [6.45, 7) is 0. The summed E-state index contributed by atoms with van der Waals surface area (Å²) in [5.74, 6) is 0. The lowest BCUT2D eigenvalue weighted by atomic mass is 9.88. The molecule has 4 heteroatoms. The Hall–Kier alpha value is -1.55. The van der Waals surface area contributed by atoms with E-state index in [1.165, 1.54) is 12.8 Å². The molecule has 96 valence electrons. The molecule has 0 radical (unpaired) electrons. The second kappa shape index (κ2) is 3.72. The molecule has 2 N–H and O–H groups in total. The molecular weight excluding hydrogens is 226 g/mol. The lowest BCUT2D eigenvalue weighted by Gasteiger charge is -2.25. The van der Waals surface area contributed by atoms with Crippen LogP contribution < -0.4 is 11.4 Å². The maximum absolute atomic E-state index is 12.0. The zero-order valence-corrected chi connectivity index (χ0v) is 10.9. The Labute approximate surface area is 106 Å². The van der Waals surface area contributed by atoms with Gasteiger partial charge in [-0.05, 0) is 24.5 Å². The highest BCUT2D eigenvalue weighted by Crippen LogP contribution is 2.38. The zero-order chi connectivity index (χ0) is 12.9. The van der Waals surface area contributed by atoms with Crippen molar-refractivity contribution in [1.82, 2.24) is 9.13 Å². The van der Waals surface area contributed by atoms with Gasteiger partial charge < -0.3 is 5.73 Å². The average molecular weight is 245 g/mol. The molecule has 1 saturated carbocycles. The highest BCUT2D eigenvalue weighted by molar-refractivity contribution is 5.81. The van der Waals surface area contributed by atoms with E-state index >= 15 is 0 Å². The van der Waals surface area contributed by atoms with E-state index in [4.69, 9.17) is 5.73 Å². The number of fused-ring (bicyclic) bond motifs is 1. The van der Waals surface area contributed by atoms with Crippen LogP contribution in [0.15, 0.2) is 23.0 Å². The minimum atomic E-state index is -0.259. The van der Waals surface area contributed by atoms with Gasteiger partial charge in [0.15, 0.2) is 0 Å². The Morgan fingerprint density at radius 2 is 1.83 bits per heavy atom. The van der Waals surface area contributed by atoms with Gasteiger partial charge in [-0.1, -0.05) is 25.0 Å². The molecule has 1 aromatic heterocycles. The topological polar surface area (TPSA) is 53.0 Å². The molecule has 1 aliphatic carbocycles. The number of imidazole rings is 1. The molecule has 1 heterocycles.